The van der Waals surface area contributed by atoms with Gasteiger partial charge in [0.2, 0.25) is 0 Å². The Morgan fingerprint density at radius 3 is 2.41 bits per heavy atom. The fourth-order valence-corrected chi connectivity index (χ4v) is 3.72. The summed E-state index contributed by atoms with van der Waals surface area (Å²) in [4.78, 5) is 28.4. The number of non-ortho nitro benzene ring substituents is 1. The molecule has 0 radical (unpaired) electrons. The highest BCUT2D eigenvalue weighted by atomic mass is 32.1. The fraction of sp³-hybridized carbons (Fsp3) is 0.200. The SMILES string of the molecule is CCCc1sc(NC(=O)c2ccc([N+](=O)[O-])cc2)nc1-c1ccc(C)cc1. The van der Waals surface area contributed by atoms with E-state index >= 15 is 0 Å². The van der Waals surface area contributed by atoms with Crippen molar-refractivity contribution >= 4 is 28.1 Å². The van der Waals surface area contributed by atoms with E-state index < -0.39 is 4.92 Å². The predicted octanol–water partition coefficient (Wildman–Crippen LogP) is 5.23. The second-order valence-corrected chi connectivity index (χ2v) is 7.25. The molecule has 6 nitrogen and oxygen atoms in total. The number of hydrogen-bond acceptors (Lipinski definition) is 5. The van der Waals surface area contributed by atoms with Gasteiger partial charge in [0.1, 0.15) is 0 Å². The van der Waals surface area contributed by atoms with E-state index in [-0.39, 0.29) is 11.6 Å². The molecule has 1 aromatic heterocycles. The van der Waals surface area contributed by atoms with Crippen molar-refractivity contribution in [2.24, 2.45) is 0 Å². The normalized spacial score (nSPS) is 10.6. The number of nitro benzene ring substituents is 1. The standard InChI is InChI=1S/C20H19N3O3S/c1-3-4-17-18(14-7-5-13(2)6-8-14)21-20(27-17)22-19(24)15-9-11-16(12-10-15)23(25)26/h5-12H,3-4H2,1-2H3,(H,21,22,24). The van der Waals surface area contributed by atoms with Crippen LogP contribution in [0.25, 0.3) is 11.3 Å². The number of amides is 1. The van der Waals surface area contributed by atoms with E-state index in [0.717, 1.165) is 29.0 Å². The molecule has 0 aliphatic rings. The maximum absolute atomic E-state index is 12.4. The first kappa shape index (κ1) is 18.7. The van der Waals surface area contributed by atoms with Crippen molar-refractivity contribution in [3.63, 3.8) is 0 Å². The number of anilines is 1. The van der Waals surface area contributed by atoms with Gasteiger partial charge in [0, 0.05) is 28.1 Å². The van der Waals surface area contributed by atoms with Crippen LogP contribution in [0.4, 0.5) is 10.8 Å². The van der Waals surface area contributed by atoms with E-state index in [1.54, 1.807) is 0 Å². The Morgan fingerprint density at radius 1 is 1.15 bits per heavy atom. The number of nitrogens with one attached hydrogen (secondary N) is 1. The lowest BCUT2D eigenvalue weighted by atomic mass is 10.1. The quantitative estimate of drug-likeness (QED) is 0.468. The fourth-order valence-electron chi connectivity index (χ4n) is 2.64. The number of nitro groups is 1. The second-order valence-electron chi connectivity index (χ2n) is 6.16. The topological polar surface area (TPSA) is 85.1 Å². The minimum absolute atomic E-state index is 0.0484. The molecule has 1 N–H and O–H groups in total. The highest BCUT2D eigenvalue weighted by Gasteiger charge is 2.16. The zero-order valence-electron chi connectivity index (χ0n) is 15.1. The summed E-state index contributed by atoms with van der Waals surface area (Å²) in [7, 11) is 0. The van der Waals surface area contributed by atoms with E-state index in [2.05, 4.69) is 17.2 Å². The number of nitrogens with zero attached hydrogens (tertiary/aromatic N) is 2. The van der Waals surface area contributed by atoms with Gasteiger partial charge in [0.25, 0.3) is 11.6 Å². The van der Waals surface area contributed by atoms with Crippen LogP contribution in [0.2, 0.25) is 0 Å². The predicted molar refractivity (Wildman–Crippen MR) is 107 cm³/mol. The Balaban J connectivity index is 1.84. The number of thiazole rings is 1. The molecule has 0 saturated heterocycles. The second kappa shape index (κ2) is 8.09. The Kier molecular flexibility index (Phi) is 5.61. The molecule has 27 heavy (non-hydrogen) atoms. The van der Waals surface area contributed by atoms with E-state index in [0.29, 0.717) is 10.7 Å². The average Bonchev–Trinajstić information content (AvgIpc) is 3.05. The molecule has 1 amide bonds. The van der Waals surface area contributed by atoms with Crippen LogP contribution in [0.1, 0.15) is 34.1 Å². The first-order chi connectivity index (χ1) is 13.0. The molecule has 138 valence electrons. The van der Waals surface area contributed by atoms with Gasteiger partial charge in [-0.25, -0.2) is 4.98 Å². The zero-order valence-corrected chi connectivity index (χ0v) is 15.9. The molecule has 3 rings (SSSR count). The molecule has 0 fully saturated rings. The number of aromatic nitrogens is 1. The summed E-state index contributed by atoms with van der Waals surface area (Å²) < 4.78 is 0. The van der Waals surface area contributed by atoms with Crippen molar-refractivity contribution in [2.75, 3.05) is 5.32 Å². The lowest BCUT2D eigenvalue weighted by Gasteiger charge is -2.02. The molecule has 0 bridgehead atoms. The van der Waals surface area contributed by atoms with Crippen molar-refractivity contribution < 1.29 is 9.72 Å². The Bertz CT molecular complexity index is 963. The van der Waals surface area contributed by atoms with Gasteiger partial charge in [-0.15, -0.1) is 11.3 Å². The summed E-state index contributed by atoms with van der Waals surface area (Å²) in [6.07, 6.45) is 1.87. The van der Waals surface area contributed by atoms with Gasteiger partial charge < -0.3 is 0 Å². The summed E-state index contributed by atoms with van der Waals surface area (Å²) in [5, 5.41) is 14.1. The first-order valence-corrected chi connectivity index (χ1v) is 9.42. The molecule has 0 aliphatic carbocycles. The zero-order chi connectivity index (χ0) is 19.4. The average molecular weight is 381 g/mol. The Hall–Kier alpha value is -3.06. The largest absolute Gasteiger partial charge is 0.298 e. The van der Waals surface area contributed by atoms with Gasteiger partial charge in [-0.2, -0.15) is 0 Å². The van der Waals surface area contributed by atoms with E-state index in [1.165, 1.54) is 41.2 Å². The summed E-state index contributed by atoms with van der Waals surface area (Å²) in [5.74, 6) is -0.336. The summed E-state index contributed by atoms with van der Waals surface area (Å²) in [6.45, 7) is 4.14. The third-order valence-electron chi connectivity index (χ3n) is 4.06. The maximum atomic E-state index is 12.4. The first-order valence-electron chi connectivity index (χ1n) is 8.60. The molecule has 0 atom stereocenters. The molecule has 2 aromatic carbocycles. The van der Waals surface area contributed by atoms with E-state index in [1.807, 2.05) is 31.2 Å². The van der Waals surface area contributed by atoms with Gasteiger partial charge in [-0.05, 0) is 25.5 Å². The Morgan fingerprint density at radius 2 is 1.81 bits per heavy atom. The van der Waals surface area contributed by atoms with Gasteiger partial charge in [0.15, 0.2) is 5.13 Å². The van der Waals surface area contributed by atoms with E-state index in [4.69, 9.17) is 0 Å². The number of carbonyl (C=O) groups is 1. The number of carbonyl (C=O) groups excluding carboxylic acids is 1. The van der Waals surface area contributed by atoms with Crippen LogP contribution in [-0.2, 0) is 6.42 Å². The number of rotatable bonds is 6. The van der Waals surface area contributed by atoms with Crippen LogP contribution in [0.3, 0.4) is 0 Å². The molecule has 0 spiro atoms. The van der Waals surface area contributed by atoms with Gasteiger partial charge in [-0.1, -0.05) is 43.2 Å². The molecule has 0 saturated carbocycles. The molecular weight excluding hydrogens is 362 g/mol. The van der Waals surface area contributed by atoms with Crippen LogP contribution in [-0.4, -0.2) is 15.8 Å². The third kappa shape index (κ3) is 4.38. The van der Waals surface area contributed by atoms with Crippen LogP contribution < -0.4 is 5.32 Å². The number of benzene rings is 2. The highest BCUT2D eigenvalue weighted by Crippen LogP contribution is 2.32. The smallest absolute Gasteiger partial charge is 0.269 e. The van der Waals surface area contributed by atoms with Crippen molar-refractivity contribution in [3.8, 4) is 11.3 Å². The Labute approximate surface area is 161 Å². The van der Waals surface area contributed by atoms with Crippen LogP contribution in [0, 0.1) is 17.0 Å². The molecule has 0 unspecified atom stereocenters. The molecule has 1 heterocycles. The van der Waals surface area contributed by atoms with Crippen LogP contribution >= 0.6 is 11.3 Å². The summed E-state index contributed by atoms with van der Waals surface area (Å²) >= 11 is 1.46. The van der Waals surface area contributed by atoms with Crippen molar-refractivity contribution in [2.45, 2.75) is 26.7 Å². The molecular formula is C20H19N3O3S. The van der Waals surface area contributed by atoms with Crippen LogP contribution in [0.5, 0.6) is 0 Å². The van der Waals surface area contributed by atoms with Gasteiger partial charge in [0.05, 0.1) is 10.6 Å². The number of aryl methyl sites for hydroxylation is 2. The molecule has 7 heteroatoms. The minimum Gasteiger partial charge on any atom is -0.298 e. The van der Waals surface area contributed by atoms with E-state index in [9.17, 15) is 14.9 Å². The monoisotopic (exact) mass is 381 g/mol. The van der Waals surface area contributed by atoms with Crippen LogP contribution in [0.15, 0.2) is 48.5 Å². The third-order valence-corrected chi connectivity index (χ3v) is 5.09. The number of hydrogen-bond donors (Lipinski definition) is 1. The van der Waals surface area contributed by atoms with Gasteiger partial charge >= 0.3 is 0 Å². The maximum Gasteiger partial charge on any atom is 0.269 e. The lowest BCUT2D eigenvalue weighted by Crippen LogP contribution is -2.11. The minimum atomic E-state index is -0.493. The van der Waals surface area contributed by atoms with Crippen molar-refractivity contribution in [1.82, 2.24) is 4.98 Å². The molecule has 3 aromatic rings. The summed E-state index contributed by atoms with van der Waals surface area (Å²) in [6, 6.07) is 13.7. The highest BCUT2D eigenvalue weighted by molar-refractivity contribution is 7.16. The van der Waals surface area contributed by atoms with Crippen molar-refractivity contribution in [3.05, 3.63) is 74.6 Å². The lowest BCUT2D eigenvalue weighted by molar-refractivity contribution is -0.384. The molecule has 0 aliphatic heterocycles. The van der Waals surface area contributed by atoms with Gasteiger partial charge in [-0.3, -0.25) is 20.2 Å². The van der Waals surface area contributed by atoms with Crippen molar-refractivity contribution in [1.29, 1.82) is 0 Å². The summed E-state index contributed by atoms with van der Waals surface area (Å²) in [5.41, 5.74) is 3.40.